The fourth-order valence-electron chi connectivity index (χ4n) is 5.32. The summed E-state index contributed by atoms with van der Waals surface area (Å²) in [6, 6.07) is 13.6. The van der Waals surface area contributed by atoms with Gasteiger partial charge in [-0.1, -0.05) is 44.2 Å². The molecule has 8 heteroatoms. The molecular weight excluding hydrogens is 498 g/mol. The maximum Gasteiger partial charge on any atom is 0.347 e. The van der Waals surface area contributed by atoms with Gasteiger partial charge in [-0.2, -0.15) is 0 Å². The van der Waals surface area contributed by atoms with Crippen LogP contribution in [0.1, 0.15) is 53.2 Å². The van der Waals surface area contributed by atoms with Crippen molar-refractivity contribution in [1.82, 2.24) is 4.57 Å². The van der Waals surface area contributed by atoms with E-state index < -0.39 is 11.5 Å². The van der Waals surface area contributed by atoms with Gasteiger partial charge in [0.15, 0.2) is 17.1 Å². The Labute approximate surface area is 229 Å². The zero-order valence-electron chi connectivity index (χ0n) is 23.5. The summed E-state index contributed by atoms with van der Waals surface area (Å²) in [5.74, 6) is 0.931. The summed E-state index contributed by atoms with van der Waals surface area (Å²) in [6.07, 6.45) is 1.43. The van der Waals surface area contributed by atoms with E-state index in [4.69, 9.17) is 23.7 Å². The number of rotatable bonds is 11. The number of hydrogen-bond acceptors (Lipinski definition) is 7. The lowest BCUT2D eigenvalue weighted by Crippen LogP contribution is -2.34. The molecule has 208 valence electrons. The molecule has 1 aliphatic rings. The number of hydrogen-bond donors (Lipinski definition) is 0. The first-order valence-corrected chi connectivity index (χ1v) is 13.2. The molecule has 3 aromatic rings. The van der Waals surface area contributed by atoms with E-state index in [1.165, 1.54) is 14.2 Å². The summed E-state index contributed by atoms with van der Waals surface area (Å²) in [4.78, 5) is 27.0. The normalized spacial score (nSPS) is 14.0. The highest BCUT2D eigenvalue weighted by Gasteiger charge is 2.37. The van der Waals surface area contributed by atoms with Crippen molar-refractivity contribution in [1.29, 1.82) is 0 Å². The molecule has 0 spiro atoms. The number of benzene rings is 2. The van der Waals surface area contributed by atoms with E-state index in [0.717, 1.165) is 34.4 Å². The zero-order valence-corrected chi connectivity index (χ0v) is 23.5. The summed E-state index contributed by atoms with van der Waals surface area (Å²) in [5.41, 5.74) is 3.82. The molecule has 39 heavy (non-hydrogen) atoms. The first-order valence-electron chi connectivity index (χ1n) is 13.2. The summed E-state index contributed by atoms with van der Waals surface area (Å²) in [5, 5.41) is 0. The molecule has 2 aromatic carbocycles. The second-order valence-electron chi connectivity index (χ2n) is 9.95. The smallest absolute Gasteiger partial charge is 0.347 e. The van der Waals surface area contributed by atoms with Crippen LogP contribution in [0.2, 0.25) is 0 Å². The summed E-state index contributed by atoms with van der Waals surface area (Å²) < 4.78 is 29.5. The number of carbonyl (C=O) groups is 1. The van der Waals surface area contributed by atoms with Crippen LogP contribution in [-0.2, 0) is 22.4 Å². The highest BCUT2D eigenvalue weighted by Crippen LogP contribution is 2.50. The molecule has 0 saturated carbocycles. The van der Waals surface area contributed by atoms with Crippen molar-refractivity contribution < 1.29 is 28.5 Å². The first-order chi connectivity index (χ1) is 18.9. The van der Waals surface area contributed by atoms with Crippen molar-refractivity contribution in [3.8, 4) is 28.5 Å². The van der Waals surface area contributed by atoms with Crippen LogP contribution in [0.5, 0.6) is 17.2 Å². The molecule has 1 aliphatic carbocycles. The number of methoxy groups -OCH3 is 4. The lowest BCUT2D eigenvalue weighted by atomic mass is 9.74. The largest absolute Gasteiger partial charge is 0.495 e. The Morgan fingerprint density at radius 2 is 1.74 bits per heavy atom. The Morgan fingerprint density at radius 3 is 2.36 bits per heavy atom. The molecule has 0 radical (unpaired) electrons. The van der Waals surface area contributed by atoms with Crippen LogP contribution >= 0.6 is 0 Å². The molecule has 1 aromatic heterocycles. The van der Waals surface area contributed by atoms with Gasteiger partial charge in [0, 0.05) is 31.3 Å². The quantitative estimate of drug-likeness (QED) is 0.250. The van der Waals surface area contributed by atoms with Crippen LogP contribution in [0, 0.1) is 5.92 Å². The number of aromatic nitrogens is 1. The van der Waals surface area contributed by atoms with E-state index in [0.29, 0.717) is 31.1 Å². The molecule has 0 aliphatic heterocycles. The monoisotopic (exact) mass is 535 g/mol. The van der Waals surface area contributed by atoms with Crippen LogP contribution in [0.4, 0.5) is 0 Å². The van der Waals surface area contributed by atoms with Crippen molar-refractivity contribution in [2.75, 3.05) is 41.7 Å². The van der Waals surface area contributed by atoms with Gasteiger partial charge >= 0.3 is 5.97 Å². The number of nitrogens with zero attached hydrogens (tertiary/aromatic N) is 1. The van der Waals surface area contributed by atoms with Crippen molar-refractivity contribution in [2.45, 2.75) is 39.2 Å². The fourth-order valence-corrected chi connectivity index (χ4v) is 5.32. The molecule has 0 amide bonds. The number of ether oxygens (including phenoxy) is 5. The van der Waals surface area contributed by atoms with Gasteiger partial charge in [0.2, 0.25) is 0 Å². The lowest BCUT2D eigenvalue weighted by Gasteiger charge is -2.34. The molecule has 0 N–H and O–H groups in total. The molecule has 0 saturated heterocycles. The topological polar surface area (TPSA) is 85.2 Å². The predicted octanol–water partition coefficient (Wildman–Crippen LogP) is 5.08. The molecule has 0 fully saturated rings. The van der Waals surface area contributed by atoms with E-state index in [9.17, 15) is 9.59 Å². The summed E-state index contributed by atoms with van der Waals surface area (Å²) in [7, 11) is 6.03. The Hall–Kier alpha value is -3.78. The summed E-state index contributed by atoms with van der Waals surface area (Å²) in [6.45, 7) is 5.63. The van der Waals surface area contributed by atoms with Crippen LogP contribution in [0.3, 0.4) is 0 Å². The highest BCUT2D eigenvalue weighted by atomic mass is 16.5. The van der Waals surface area contributed by atoms with Gasteiger partial charge in [0.25, 0.3) is 5.56 Å². The van der Waals surface area contributed by atoms with E-state index >= 15 is 0 Å². The van der Waals surface area contributed by atoms with Gasteiger partial charge in [0.05, 0.1) is 40.2 Å². The third kappa shape index (κ3) is 5.52. The Kier molecular flexibility index (Phi) is 8.97. The number of esters is 1. The minimum Gasteiger partial charge on any atom is -0.495 e. The predicted molar refractivity (Wildman–Crippen MR) is 149 cm³/mol. The van der Waals surface area contributed by atoms with E-state index in [1.54, 1.807) is 18.8 Å². The van der Waals surface area contributed by atoms with Crippen LogP contribution < -0.4 is 19.8 Å². The molecular formula is C31H37NO7. The molecule has 1 heterocycles. The van der Waals surface area contributed by atoms with Crippen molar-refractivity contribution in [3.05, 3.63) is 75.1 Å². The van der Waals surface area contributed by atoms with Gasteiger partial charge in [-0.15, -0.1) is 0 Å². The SMILES string of the molecule is COCCCOc1cc2c(cc1OC)-c1c(c(OC)c(C(=O)OC)c(=O)n1Cc1ccccc1)C(C(C)C)C2. The molecule has 1 unspecified atom stereocenters. The number of fused-ring (bicyclic) bond motifs is 3. The van der Waals surface area contributed by atoms with E-state index in [1.807, 2.05) is 42.5 Å². The molecule has 1 atom stereocenters. The third-order valence-corrected chi connectivity index (χ3v) is 7.24. The van der Waals surface area contributed by atoms with Crippen molar-refractivity contribution in [2.24, 2.45) is 5.92 Å². The minimum absolute atomic E-state index is 0.0248. The van der Waals surface area contributed by atoms with E-state index in [-0.39, 0.29) is 29.7 Å². The second-order valence-corrected chi connectivity index (χ2v) is 9.95. The average molecular weight is 536 g/mol. The highest BCUT2D eigenvalue weighted by molar-refractivity contribution is 5.94. The van der Waals surface area contributed by atoms with Crippen LogP contribution in [0.25, 0.3) is 11.3 Å². The second kappa shape index (κ2) is 12.4. The maximum atomic E-state index is 14.1. The minimum atomic E-state index is -0.716. The first kappa shape index (κ1) is 28.2. The van der Waals surface area contributed by atoms with Gasteiger partial charge in [0.1, 0.15) is 5.75 Å². The van der Waals surface area contributed by atoms with E-state index in [2.05, 4.69) is 13.8 Å². The van der Waals surface area contributed by atoms with Gasteiger partial charge < -0.3 is 28.3 Å². The average Bonchev–Trinajstić information content (AvgIpc) is 2.95. The lowest BCUT2D eigenvalue weighted by molar-refractivity contribution is 0.0593. The molecule has 8 nitrogen and oxygen atoms in total. The third-order valence-electron chi connectivity index (χ3n) is 7.24. The Morgan fingerprint density at radius 1 is 1.00 bits per heavy atom. The van der Waals surface area contributed by atoms with Gasteiger partial charge in [-0.3, -0.25) is 4.79 Å². The van der Waals surface area contributed by atoms with Crippen LogP contribution in [-0.4, -0.2) is 52.2 Å². The van der Waals surface area contributed by atoms with Crippen molar-refractivity contribution >= 4 is 5.97 Å². The fraction of sp³-hybridized carbons (Fsp3) is 0.419. The van der Waals surface area contributed by atoms with Gasteiger partial charge in [-0.25, -0.2) is 4.79 Å². The zero-order chi connectivity index (χ0) is 28.1. The number of pyridine rings is 1. The standard InChI is InChI=1S/C31H37NO7/c1-19(2)22-15-21-16-25(39-14-10-13-35-3)24(36-4)17-23(21)28-26(22)29(37-5)27(31(34)38-6)30(33)32(28)18-20-11-8-7-9-12-20/h7-9,11-12,16-17,19,22H,10,13-15,18H2,1-6H3. The maximum absolute atomic E-state index is 14.1. The molecule has 0 bridgehead atoms. The van der Waals surface area contributed by atoms with Gasteiger partial charge in [-0.05, 0) is 41.5 Å². The van der Waals surface area contributed by atoms with Crippen LogP contribution in [0.15, 0.2) is 47.3 Å². The Balaban J connectivity index is 2.03. The Bertz CT molecular complexity index is 1380. The molecule has 4 rings (SSSR count). The number of carbonyl (C=O) groups excluding carboxylic acids is 1. The summed E-state index contributed by atoms with van der Waals surface area (Å²) >= 11 is 0. The van der Waals surface area contributed by atoms with Crippen molar-refractivity contribution in [3.63, 3.8) is 0 Å².